The SMILES string of the molecule is CC(=O)Nc1nc(C(=O)N2CCC[C@H]2/C=C/c2cccs2)cs1. The van der Waals surface area contributed by atoms with Gasteiger partial charge in [0.1, 0.15) is 5.69 Å². The Morgan fingerprint density at radius 2 is 2.30 bits per heavy atom. The van der Waals surface area contributed by atoms with E-state index in [4.69, 9.17) is 0 Å². The third kappa shape index (κ3) is 3.86. The lowest BCUT2D eigenvalue weighted by Crippen LogP contribution is -2.34. The van der Waals surface area contributed by atoms with Gasteiger partial charge in [-0.25, -0.2) is 4.98 Å². The molecule has 23 heavy (non-hydrogen) atoms. The minimum Gasteiger partial charge on any atom is -0.331 e. The number of aromatic nitrogens is 1. The Hall–Kier alpha value is -1.99. The van der Waals surface area contributed by atoms with Gasteiger partial charge in [-0.3, -0.25) is 9.59 Å². The van der Waals surface area contributed by atoms with E-state index in [-0.39, 0.29) is 17.9 Å². The number of carbonyl (C=O) groups is 2. The number of amides is 2. The second-order valence-corrected chi connectivity index (χ2v) is 7.14. The summed E-state index contributed by atoms with van der Waals surface area (Å²) in [4.78, 5) is 31.0. The lowest BCUT2D eigenvalue weighted by molar-refractivity contribution is -0.114. The molecule has 0 bridgehead atoms. The van der Waals surface area contributed by atoms with Gasteiger partial charge in [0, 0.05) is 23.7 Å². The summed E-state index contributed by atoms with van der Waals surface area (Å²) >= 11 is 2.95. The first-order valence-corrected chi connectivity index (χ1v) is 9.15. The summed E-state index contributed by atoms with van der Waals surface area (Å²) in [6.07, 6.45) is 6.13. The fourth-order valence-electron chi connectivity index (χ4n) is 2.56. The highest BCUT2D eigenvalue weighted by Gasteiger charge is 2.29. The molecule has 0 spiro atoms. The summed E-state index contributed by atoms with van der Waals surface area (Å²) in [6.45, 7) is 2.17. The van der Waals surface area contributed by atoms with Crippen LogP contribution in [-0.2, 0) is 4.79 Å². The predicted octanol–water partition coefficient (Wildman–Crippen LogP) is 3.48. The first-order chi connectivity index (χ1) is 11.1. The molecule has 2 aromatic heterocycles. The number of nitrogens with one attached hydrogen (secondary N) is 1. The highest BCUT2D eigenvalue weighted by atomic mass is 32.1. The van der Waals surface area contributed by atoms with Gasteiger partial charge in [-0.05, 0) is 30.4 Å². The topological polar surface area (TPSA) is 62.3 Å². The van der Waals surface area contributed by atoms with Gasteiger partial charge in [-0.1, -0.05) is 12.1 Å². The Labute approximate surface area is 142 Å². The molecule has 0 aromatic carbocycles. The first kappa shape index (κ1) is 15.9. The van der Waals surface area contributed by atoms with Crippen LogP contribution in [0.3, 0.4) is 0 Å². The first-order valence-electron chi connectivity index (χ1n) is 7.39. The van der Waals surface area contributed by atoms with Crippen molar-refractivity contribution in [3.05, 3.63) is 39.5 Å². The second-order valence-electron chi connectivity index (χ2n) is 5.30. The minimum atomic E-state index is -0.184. The number of thiazole rings is 1. The number of hydrogen-bond acceptors (Lipinski definition) is 5. The summed E-state index contributed by atoms with van der Waals surface area (Å²) in [7, 11) is 0. The Morgan fingerprint density at radius 1 is 1.43 bits per heavy atom. The van der Waals surface area contributed by atoms with Crippen LogP contribution in [0.2, 0.25) is 0 Å². The number of thiophene rings is 1. The maximum atomic E-state index is 12.6. The average molecular weight is 347 g/mol. The van der Waals surface area contributed by atoms with Crippen LogP contribution >= 0.6 is 22.7 Å². The van der Waals surface area contributed by atoms with Gasteiger partial charge in [0.2, 0.25) is 5.91 Å². The molecular weight excluding hydrogens is 330 g/mol. The van der Waals surface area contributed by atoms with E-state index in [9.17, 15) is 9.59 Å². The van der Waals surface area contributed by atoms with E-state index in [1.807, 2.05) is 16.3 Å². The summed E-state index contributed by atoms with van der Waals surface area (Å²) in [5.41, 5.74) is 0.398. The molecule has 2 amide bonds. The zero-order chi connectivity index (χ0) is 16.2. The highest BCUT2D eigenvalue weighted by molar-refractivity contribution is 7.14. The molecule has 2 aromatic rings. The van der Waals surface area contributed by atoms with E-state index in [1.165, 1.54) is 23.1 Å². The van der Waals surface area contributed by atoms with Gasteiger partial charge in [0.25, 0.3) is 5.91 Å². The number of likely N-dealkylation sites (tertiary alicyclic amines) is 1. The molecule has 1 aliphatic rings. The number of rotatable bonds is 4. The third-order valence-electron chi connectivity index (χ3n) is 3.59. The molecule has 1 saturated heterocycles. The maximum absolute atomic E-state index is 12.6. The van der Waals surface area contributed by atoms with Crippen LogP contribution in [0.4, 0.5) is 5.13 Å². The van der Waals surface area contributed by atoms with E-state index < -0.39 is 0 Å². The Morgan fingerprint density at radius 3 is 3.04 bits per heavy atom. The molecule has 3 rings (SSSR count). The number of hydrogen-bond donors (Lipinski definition) is 1. The maximum Gasteiger partial charge on any atom is 0.273 e. The summed E-state index contributed by atoms with van der Waals surface area (Å²) in [6, 6.07) is 4.18. The van der Waals surface area contributed by atoms with E-state index in [0.717, 1.165) is 19.4 Å². The monoisotopic (exact) mass is 347 g/mol. The standard InChI is InChI=1S/C16H17N3O2S2/c1-11(20)17-16-18-14(10-23-16)15(21)19-8-2-4-12(19)6-7-13-5-3-9-22-13/h3,5-7,9-10,12H,2,4,8H2,1H3,(H,17,18,20)/b7-6+/t12-/m0/s1. The Kier molecular flexibility index (Phi) is 4.88. The van der Waals surface area contributed by atoms with Crippen molar-refractivity contribution in [3.8, 4) is 0 Å². The van der Waals surface area contributed by atoms with Crippen molar-refractivity contribution in [2.24, 2.45) is 0 Å². The number of carbonyl (C=O) groups excluding carboxylic acids is 2. The van der Waals surface area contributed by atoms with Crippen molar-refractivity contribution in [2.45, 2.75) is 25.8 Å². The predicted molar refractivity (Wildman–Crippen MR) is 93.8 cm³/mol. The van der Waals surface area contributed by atoms with Crippen LogP contribution in [0, 0.1) is 0 Å². The van der Waals surface area contributed by atoms with E-state index >= 15 is 0 Å². The molecular formula is C16H17N3O2S2. The van der Waals surface area contributed by atoms with Crippen LogP contribution < -0.4 is 5.32 Å². The van der Waals surface area contributed by atoms with Crippen molar-refractivity contribution in [1.29, 1.82) is 0 Å². The second kappa shape index (κ2) is 7.06. The van der Waals surface area contributed by atoms with Crippen LogP contribution in [0.15, 0.2) is 29.0 Å². The van der Waals surface area contributed by atoms with Crippen LogP contribution in [0.5, 0.6) is 0 Å². The summed E-state index contributed by atoms with van der Waals surface area (Å²) in [5.74, 6) is -0.257. The van der Waals surface area contributed by atoms with Gasteiger partial charge in [-0.15, -0.1) is 22.7 Å². The molecule has 0 radical (unpaired) electrons. The van der Waals surface area contributed by atoms with Crippen molar-refractivity contribution < 1.29 is 9.59 Å². The Bertz CT molecular complexity index is 722. The Balaban J connectivity index is 1.70. The van der Waals surface area contributed by atoms with Gasteiger partial charge >= 0.3 is 0 Å². The van der Waals surface area contributed by atoms with Crippen LogP contribution in [-0.4, -0.2) is 34.3 Å². The lowest BCUT2D eigenvalue weighted by Gasteiger charge is -2.21. The molecule has 7 heteroatoms. The zero-order valence-electron chi connectivity index (χ0n) is 12.7. The summed E-state index contributed by atoms with van der Waals surface area (Å²) < 4.78 is 0. The van der Waals surface area contributed by atoms with Crippen LogP contribution in [0.25, 0.3) is 6.08 Å². The van der Waals surface area contributed by atoms with Gasteiger partial charge in [0.15, 0.2) is 5.13 Å². The molecule has 5 nitrogen and oxygen atoms in total. The lowest BCUT2D eigenvalue weighted by atomic mass is 10.2. The molecule has 0 unspecified atom stereocenters. The van der Waals surface area contributed by atoms with E-state index in [2.05, 4.69) is 28.5 Å². The van der Waals surface area contributed by atoms with Crippen molar-refractivity contribution in [1.82, 2.24) is 9.88 Å². The molecule has 0 saturated carbocycles. The van der Waals surface area contributed by atoms with Crippen molar-refractivity contribution in [2.75, 3.05) is 11.9 Å². The van der Waals surface area contributed by atoms with Gasteiger partial charge in [-0.2, -0.15) is 0 Å². The molecule has 1 N–H and O–H groups in total. The van der Waals surface area contributed by atoms with Crippen molar-refractivity contribution >= 4 is 45.7 Å². The third-order valence-corrected chi connectivity index (χ3v) is 5.19. The molecule has 1 fully saturated rings. The van der Waals surface area contributed by atoms with Gasteiger partial charge in [0.05, 0.1) is 6.04 Å². The fraction of sp³-hybridized carbons (Fsp3) is 0.312. The molecule has 120 valence electrons. The highest BCUT2D eigenvalue weighted by Crippen LogP contribution is 2.24. The quantitative estimate of drug-likeness (QED) is 0.921. The van der Waals surface area contributed by atoms with E-state index in [0.29, 0.717) is 10.8 Å². The molecule has 0 aliphatic carbocycles. The smallest absolute Gasteiger partial charge is 0.273 e. The number of anilines is 1. The average Bonchev–Trinajstić information content (AvgIpc) is 3.25. The zero-order valence-corrected chi connectivity index (χ0v) is 14.3. The van der Waals surface area contributed by atoms with E-state index in [1.54, 1.807) is 16.7 Å². The molecule has 3 heterocycles. The fourth-order valence-corrected chi connectivity index (χ4v) is 3.92. The van der Waals surface area contributed by atoms with Crippen LogP contribution in [0.1, 0.15) is 35.1 Å². The molecule has 1 atom stereocenters. The normalized spacial score (nSPS) is 17.8. The largest absolute Gasteiger partial charge is 0.331 e. The number of nitrogens with zero attached hydrogens (tertiary/aromatic N) is 2. The van der Waals surface area contributed by atoms with Crippen molar-refractivity contribution in [3.63, 3.8) is 0 Å². The molecule has 1 aliphatic heterocycles. The van der Waals surface area contributed by atoms with Gasteiger partial charge < -0.3 is 10.2 Å². The summed E-state index contributed by atoms with van der Waals surface area (Å²) in [5, 5.41) is 6.81. The minimum absolute atomic E-state index is 0.0730.